The van der Waals surface area contributed by atoms with Crippen molar-refractivity contribution in [3.05, 3.63) is 17.0 Å². The highest BCUT2D eigenvalue weighted by atomic mass is 32.2. The summed E-state index contributed by atoms with van der Waals surface area (Å²) in [6.45, 7) is 0. The fourth-order valence-electron chi connectivity index (χ4n) is 1.79. The molecule has 1 aliphatic heterocycles. The molecule has 1 unspecified atom stereocenters. The van der Waals surface area contributed by atoms with Crippen molar-refractivity contribution in [3.63, 3.8) is 0 Å². The van der Waals surface area contributed by atoms with Crippen LogP contribution in [-0.2, 0) is 19.5 Å². The van der Waals surface area contributed by atoms with Gasteiger partial charge in [0.1, 0.15) is 0 Å². The summed E-state index contributed by atoms with van der Waals surface area (Å²) in [6.07, 6.45) is 0.310. The molecule has 0 fully saturated rings. The molecule has 0 spiro atoms. The van der Waals surface area contributed by atoms with Gasteiger partial charge >= 0.3 is 12.0 Å². The van der Waals surface area contributed by atoms with Crippen LogP contribution in [0.1, 0.15) is 10.4 Å². The van der Waals surface area contributed by atoms with Gasteiger partial charge in [-0.1, -0.05) is 0 Å². The number of amides is 2. The normalized spacial score (nSPS) is 16.8. The fourth-order valence-corrected chi connectivity index (χ4v) is 4.03. The second-order valence-electron chi connectivity index (χ2n) is 4.56. The van der Waals surface area contributed by atoms with Crippen LogP contribution in [0, 0.1) is 0 Å². The number of rotatable bonds is 4. The number of methoxy groups -OCH3 is 2. The van der Waals surface area contributed by atoms with Crippen molar-refractivity contribution in [2.75, 3.05) is 21.3 Å². The van der Waals surface area contributed by atoms with Crippen molar-refractivity contribution in [2.24, 2.45) is 9.98 Å². The minimum absolute atomic E-state index is 0.162. The number of sulfonamides is 1. The Hall–Kier alpha value is -2.67. The van der Waals surface area contributed by atoms with Gasteiger partial charge in [0.2, 0.25) is 6.29 Å². The third-order valence-corrected chi connectivity index (χ3v) is 5.68. The molecule has 2 N–H and O–H groups in total. The lowest BCUT2D eigenvalue weighted by molar-refractivity contribution is 0.0597. The van der Waals surface area contributed by atoms with Gasteiger partial charge in [-0.05, 0) is 11.4 Å². The lowest BCUT2D eigenvalue weighted by Crippen LogP contribution is -2.46. The van der Waals surface area contributed by atoms with E-state index >= 15 is 0 Å². The van der Waals surface area contributed by atoms with Crippen molar-refractivity contribution in [2.45, 2.75) is 10.5 Å². The van der Waals surface area contributed by atoms with Crippen LogP contribution in [0.3, 0.4) is 0 Å². The minimum Gasteiger partial charge on any atom is -0.468 e. The van der Waals surface area contributed by atoms with Gasteiger partial charge < -0.3 is 9.47 Å². The Morgan fingerprint density at radius 3 is 2.72 bits per heavy atom. The van der Waals surface area contributed by atoms with Crippen LogP contribution in [-0.4, -0.2) is 65.2 Å². The third-order valence-electron chi connectivity index (χ3n) is 2.86. The molecule has 0 aliphatic carbocycles. The second-order valence-corrected chi connectivity index (χ2v) is 7.35. The highest BCUT2D eigenvalue weighted by Crippen LogP contribution is 2.23. The molecular weight excluding hydrogens is 374 g/mol. The molecule has 0 aromatic carbocycles. The van der Waals surface area contributed by atoms with Crippen LogP contribution in [0.4, 0.5) is 4.79 Å². The quantitative estimate of drug-likeness (QED) is 0.679. The number of nitrogens with one attached hydrogen (secondary N) is 2. The van der Waals surface area contributed by atoms with Crippen LogP contribution >= 0.6 is 11.3 Å². The number of carbonyl (C=O) groups is 2. The maximum absolute atomic E-state index is 12.3. The van der Waals surface area contributed by atoms with Crippen LogP contribution < -0.4 is 10.0 Å². The average Bonchev–Trinajstić information content (AvgIpc) is 3.06. The monoisotopic (exact) mass is 389 g/mol. The molecule has 0 radical (unpaired) electrons. The van der Waals surface area contributed by atoms with E-state index in [4.69, 9.17) is 4.74 Å². The van der Waals surface area contributed by atoms with E-state index in [1.807, 2.05) is 0 Å². The number of thiophene rings is 1. The lowest BCUT2D eigenvalue weighted by Gasteiger charge is -2.21. The predicted octanol–water partition coefficient (Wildman–Crippen LogP) is -0.218. The molecule has 1 aromatic rings. The molecule has 0 saturated carbocycles. The summed E-state index contributed by atoms with van der Waals surface area (Å²) in [5.41, 5.74) is -0.162. The number of aliphatic imine (C=N–C) groups is 2. The van der Waals surface area contributed by atoms with Crippen molar-refractivity contribution < 1.29 is 27.5 Å². The van der Waals surface area contributed by atoms with Gasteiger partial charge in [-0.15, -0.1) is 11.3 Å². The Labute approximate surface area is 147 Å². The first-order valence-corrected chi connectivity index (χ1v) is 9.02. The van der Waals surface area contributed by atoms with Gasteiger partial charge in [0.15, 0.2) is 4.21 Å². The molecule has 2 rings (SSSR count). The second kappa shape index (κ2) is 7.48. The maximum Gasteiger partial charge on any atom is 0.340 e. The Balaban J connectivity index is 2.10. The van der Waals surface area contributed by atoms with Crippen LogP contribution in [0.2, 0.25) is 0 Å². The summed E-state index contributed by atoms with van der Waals surface area (Å²) in [5.74, 6) is -0.823. The van der Waals surface area contributed by atoms with E-state index in [0.717, 1.165) is 18.4 Å². The number of hydrogen-bond acceptors (Lipinski definition) is 10. The van der Waals surface area contributed by atoms with E-state index in [2.05, 4.69) is 20.0 Å². The summed E-state index contributed by atoms with van der Waals surface area (Å²) < 4.78 is 35.5. The van der Waals surface area contributed by atoms with Gasteiger partial charge in [-0.2, -0.15) is 4.99 Å². The number of esters is 1. The molecule has 0 saturated heterocycles. The molecule has 1 atom stereocenters. The van der Waals surface area contributed by atoms with Crippen molar-refractivity contribution in [1.82, 2.24) is 14.9 Å². The van der Waals surface area contributed by atoms with Crippen LogP contribution in [0.5, 0.6) is 0 Å². The first kappa shape index (κ1) is 18.7. The minimum atomic E-state index is -4.27. The first-order chi connectivity index (χ1) is 11.8. The van der Waals surface area contributed by atoms with E-state index < -0.39 is 28.3 Å². The number of hydrogen-bond donors (Lipinski definition) is 2. The maximum atomic E-state index is 12.3. The first-order valence-electron chi connectivity index (χ1n) is 6.65. The third kappa shape index (κ3) is 4.24. The number of nitrogens with zero attached hydrogens (tertiary/aromatic N) is 3. The summed E-state index contributed by atoms with van der Waals surface area (Å²) in [5, 5.41) is 3.65. The summed E-state index contributed by atoms with van der Waals surface area (Å²) in [7, 11) is -0.117. The Bertz CT molecular complexity index is 831. The van der Waals surface area contributed by atoms with Gasteiger partial charge in [0, 0.05) is 7.05 Å². The molecule has 13 heteroatoms. The molecule has 11 nitrogen and oxygen atoms in total. The molecule has 1 aliphatic rings. The summed E-state index contributed by atoms with van der Waals surface area (Å²) in [4.78, 5) is 32.8. The van der Waals surface area contributed by atoms with Gasteiger partial charge in [-0.3, -0.25) is 10.2 Å². The molecule has 136 valence electrons. The molecule has 2 amide bonds. The Morgan fingerprint density at radius 1 is 1.36 bits per heavy atom. The number of amidine groups is 1. The largest absolute Gasteiger partial charge is 0.468 e. The van der Waals surface area contributed by atoms with E-state index in [0.29, 0.717) is 0 Å². The zero-order valence-electron chi connectivity index (χ0n) is 13.4. The topological polar surface area (TPSA) is 139 Å². The molecule has 2 heterocycles. The zero-order valence-corrected chi connectivity index (χ0v) is 15.1. The Kier molecular flexibility index (Phi) is 5.58. The van der Waals surface area contributed by atoms with Crippen LogP contribution in [0.15, 0.2) is 25.6 Å². The SMILES string of the molecule is COC(=O)c1ccsc1S(=O)(=O)NC(=O)NC1N=CN(C)C(OC)=N1. The standard InChI is InChI=1S/C12H15N5O6S2/c1-17-6-13-10(15-12(17)23-3)14-11(19)16-25(20,21)9-7(4-5-24-9)8(18)22-2/h4-6,10H,1-3H3,(H2,14,16,19). The molecular formula is C12H15N5O6S2. The average molecular weight is 389 g/mol. The fraction of sp³-hybridized carbons (Fsp3) is 0.333. The van der Waals surface area contributed by atoms with Gasteiger partial charge in [-0.25, -0.2) is 27.7 Å². The number of carbonyl (C=O) groups excluding carboxylic acids is 2. The number of urea groups is 1. The lowest BCUT2D eigenvalue weighted by atomic mass is 10.3. The van der Waals surface area contributed by atoms with Crippen molar-refractivity contribution in [1.29, 1.82) is 0 Å². The van der Waals surface area contributed by atoms with Crippen LogP contribution in [0.25, 0.3) is 0 Å². The van der Waals surface area contributed by atoms with E-state index in [9.17, 15) is 18.0 Å². The molecule has 25 heavy (non-hydrogen) atoms. The summed E-state index contributed by atoms with van der Waals surface area (Å²) >= 11 is 0.777. The molecule has 1 aromatic heterocycles. The predicted molar refractivity (Wildman–Crippen MR) is 89.0 cm³/mol. The van der Waals surface area contributed by atoms with Gasteiger partial charge in [0.25, 0.3) is 16.0 Å². The van der Waals surface area contributed by atoms with Gasteiger partial charge in [0.05, 0.1) is 26.1 Å². The highest BCUT2D eigenvalue weighted by molar-refractivity contribution is 7.92. The van der Waals surface area contributed by atoms with Crippen molar-refractivity contribution >= 4 is 45.7 Å². The Morgan fingerprint density at radius 2 is 2.08 bits per heavy atom. The summed E-state index contributed by atoms with van der Waals surface area (Å²) in [6, 6.07) is 0.420. The zero-order chi connectivity index (χ0) is 18.6. The smallest absolute Gasteiger partial charge is 0.340 e. The highest BCUT2D eigenvalue weighted by Gasteiger charge is 2.27. The van der Waals surface area contributed by atoms with E-state index in [1.54, 1.807) is 11.8 Å². The van der Waals surface area contributed by atoms with E-state index in [-0.39, 0.29) is 15.8 Å². The van der Waals surface area contributed by atoms with E-state index in [1.165, 1.54) is 29.8 Å². The number of ether oxygens (including phenoxy) is 2. The molecule has 0 bridgehead atoms. The van der Waals surface area contributed by atoms with Crippen molar-refractivity contribution in [3.8, 4) is 0 Å².